The van der Waals surface area contributed by atoms with Gasteiger partial charge >= 0.3 is 11.9 Å². The molecule has 1 rings (SSSR count). The molecule has 2 unspecified atom stereocenters. The van der Waals surface area contributed by atoms with Crippen molar-refractivity contribution in [3.8, 4) is 5.75 Å². The molecular formula is C16H22O5S. The van der Waals surface area contributed by atoms with E-state index in [-0.39, 0.29) is 17.1 Å². The van der Waals surface area contributed by atoms with Crippen LogP contribution in [0.4, 0.5) is 0 Å². The van der Waals surface area contributed by atoms with Gasteiger partial charge < -0.3 is 14.2 Å². The zero-order valence-corrected chi connectivity index (χ0v) is 14.4. The number of benzene rings is 1. The van der Waals surface area contributed by atoms with Crippen molar-refractivity contribution in [1.82, 2.24) is 0 Å². The molecule has 6 heteroatoms. The Balaban J connectivity index is 2.75. The van der Waals surface area contributed by atoms with Gasteiger partial charge in [-0.25, -0.2) is 4.79 Å². The second-order valence-corrected chi connectivity index (χ2v) is 6.22. The van der Waals surface area contributed by atoms with E-state index in [1.807, 2.05) is 26.0 Å². The summed E-state index contributed by atoms with van der Waals surface area (Å²) < 4.78 is 14.7. The van der Waals surface area contributed by atoms with Crippen LogP contribution in [0, 0.1) is 5.92 Å². The zero-order valence-electron chi connectivity index (χ0n) is 13.5. The fourth-order valence-electron chi connectivity index (χ4n) is 1.85. The van der Waals surface area contributed by atoms with Crippen LogP contribution in [0.25, 0.3) is 0 Å². The largest absolute Gasteiger partial charge is 0.496 e. The monoisotopic (exact) mass is 326 g/mol. The number of hydrogen-bond donors (Lipinski definition) is 0. The van der Waals surface area contributed by atoms with Crippen LogP contribution in [0.1, 0.15) is 29.8 Å². The second kappa shape index (κ2) is 8.68. The van der Waals surface area contributed by atoms with Crippen molar-refractivity contribution >= 4 is 23.7 Å². The van der Waals surface area contributed by atoms with E-state index in [2.05, 4.69) is 0 Å². The summed E-state index contributed by atoms with van der Waals surface area (Å²) in [6.45, 7) is 3.84. The van der Waals surface area contributed by atoms with Crippen LogP contribution in [0.2, 0.25) is 0 Å². The zero-order chi connectivity index (χ0) is 16.7. The molecule has 0 aliphatic rings. The minimum absolute atomic E-state index is 0.124. The van der Waals surface area contributed by atoms with Crippen LogP contribution < -0.4 is 4.74 Å². The van der Waals surface area contributed by atoms with Gasteiger partial charge in [-0.3, -0.25) is 4.79 Å². The lowest BCUT2D eigenvalue weighted by Gasteiger charge is -2.17. The minimum atomic E-state index is -0.427. The van der Waals surface area contributed by atoms with Gasteiger partial charge in [-0.2, -0.15) is 11.8 Å². The summed E-state index contributed by atoms with van der Waals surface area (Å²) in [7, 11) is 4.24. The second-order valence-electron chi connectivity index (χ2n) is 4.85. The molecule has 0 bridgehead atoms. The number of rotatable bonds is 7. The van der Waals surface area contributed by atoms with E-state index < -0.39 is 5.97 Å². The van der Waals surface area contributed by atoms with Crippen LogP contribution in [-0.4, -0.2) is 38.5 Å². The van der Waals surface area contributed by atoms with E-state index in [1.54, 1.807) is 17.8 Å². The van der Waals surface area contributed by atoms with Gasteiger partial charge in [-0.15, -0.1) is 0 Å². The lowest BCUT2D eigenvalue weighted by Crippen LogP contribution is -2.22. The first-order valence-electron chi connectivity index (χ1n) is 6.89. The maximum absolute atomic E-state index is 11.6. The van der Waals surface area contributed by atoms with Crippen molar-refractivity contribution in [2.45, 2.75) is 24.9 Å². The number of carbonyl (C=O) groups is 2. The van der Waals surface area contributed by atoms with Crippen molar-refractivity contribution in [3.63, 3.8) is 0 Å². The standard InChI is InChI=1S/C16H22O5S/c1-10(15(17)20-4)11(2)22-9-12-6-7-13(16(18)21-5)14(8-12)19-3/h6-8,10-11H,9H2,1-5H3. The van der Waals surface area contributed by atoms with Crippen molar-refractivity contribution in [1.29, 1.82) is 0 Å². The predicted octanol–water partition coefficient (Wildman–Crippen LogP) is 2.91. The molecule has 22 heavy (non-hydrogen) atoms. The number of thioether (sulfide) groups is 1. The molecule has 5 nitrogen and oxygen atoms in total. The van der Waals surface area contributed by atoms with Crippen molar-refractivity contribution in [2.75, 3.05) is 21.3 Å². The summed E-state index contributed by atoms with van der Waals surface area (Å²) in [5.74, 6) is 0.382. The summed E-state index contributed by atoms with van der Waals surface area (Å²) in [6.07, 6.45) is 0. The number of carbonyl (C=O) groups excluding carboxylic acids is 2. The van der Waals surface area contributed by atoms with Gasteiger partial charge in [0.2, 0.25) is 0 Å². The third kappa shape index (κ3) is 4.66. The molecule has 122 valence electrons. The molecular weight excluding hydrogens is 304 g/mol. The van der Waals surface area contributed by atoms with Gasteiger partial charge in [-0.1, -0.05) is 19.9 Å². The van der Waals surface area contributed by atoms with Gasteiger partial charge in [0.25, 0.3) is 0 Å². The van der Waals surface area contributed by atoms with Crippen molar-refractivity contribution in [2.24, 2.45) is 5.92 Å². The number of methoxy groups -OCH3 is 3. The Kier molecular flexibility index (Phi) is 7.24. The first-order valence-corrected chi connectivity index (χ1v) is 7.94. The number of esters is 2. The Hall–Kier alpha value is -1.69. The molecule has 1 aromatic rings. The van der Waals surface area contributed by atoms with E-state index in [0.717, 1.165) is 5.56 Å². The Morgan fingerprint density at radius 2 is 1.82 bits per heavy atom. The van der Waals surface area contributed by atoms with Crippen molar-refractivity contribution in [3.05, 3.63) is 29.3 Å². The highest BCUT2D eigenvalue weighted by molar-refractivity contribution is 7.99. The Morgan fingerprint density at radius 3 is 2.36 bits per heavy atom. The highest BCUT2D eigenvalue weighted by Gasteiger charge is 2.21. The van der Waals surface area contributed by atoms with Crippen LogP contribution in [-0.2, 0) is 20.0 Å². The summed E-state index contributed by atoms with van der Waals surface area (Å²) in [6, 6.07) is 5.36. The molecule has 0 saturated carbocycles. The smallest absolute Gasteiger partial charge is 0.341 e. The van der Waals surface area contributed by atoms with E-state index in [1.165, 1.54) is 21.3 Å². The molecule has 0 aliphatic carbocycles. The lowest BCUT2D eigenvalue weighted by atomic mass is 10.1. The summed E-state index contributed by atoms with van der Waals surface area (Å²) in [5, 5.41) is 0.124. The highest BCUT2D eigenvalue weighted by atomic mass is 32.2. The first kappa shape index (κ1) is 18.4. The molecule has 0 radical (unpaired) electrons. The van der Waals surface area contributed by atoms with Gasteiger partial charge in [0.05, 0.1) is 27.2 Å². The van der Waals surface area contributed by atoms with Gasteiger partial charge in [0.1, 0.15) is 11.3 Å². The molecule has 0 fully saturated rings. The van der Waals surface area contributed by atoms with E-state index in [4.69, 9.17) is 14.2 Å². The predicted molar refractivity (Wildman–Crippen MR) is 86.3 cm³/mol. The third-order valence-electron chi connectivity index (χ3n) is 3.46. The number of ether oxygens (including phenoxy) is 3. The van der Waals surface area contributed by atoms with Gasteiger partial charge in [0, 0.05) is 11.0 Å². The summed E-state index contributed by atoms with van der Waals surface area (Å²) >= 11 is 1.65. The maximum atomic E-state index is 11.6. The fraction of sp³-hybridized carbons (Fsp3) is 0.500. The molecule has 0 saturated heterocycles. The SMILES string of the molecule is COC(=O)c1ccc(CSC(C)C(C)C(=O)OC)cc1OC. The molecule has 0 N–H and O–H groups in total. The average molecular weight is 326 g/mol. The van der Waals surface area contributed by atoms with Crippen LogP contribution in [0.15, 0.2) is 18.2 Å². The quantitative estimate of drug-likeness (QED) is 0.718. The lowest BCUT2D eigenvalue weighted by molar-refractivity contribution is -0.144. The average Bonchev–Trinajstić information content (AvgIpc) is 2.56. The van der Waals surface area contributed by atoms with E-state index >= 15 is 0 Å². The molecule has 0 aliphatic heterocycles. The minimum Gasteiger partial charge on any atom is -0.496 e. The fourth-order valence-corrected chi connectivity index (χ4v) is 2.89. The highest BCUT2D eigenvalue weighted by Crippen LogP contribution is 2.27. The van der Waals surface area contributed by atoms with Gasteiger partial charge in [0.15, 0.2) is 0 Å². The summed E-state index contributed by atoms with van der Waals surface area (Å²) in [4.78, 5) is 23.1. The topological polar surface area (TPSA) is 61.8 Å². The Labute approximate surface area is 135 Å². The van der Waals surface area contributed by atoms with Crippen LogP contribution in [0.3, 0.4) is 0 Å². The Morgan fingerprint density at radius 1 is 1.14 bits per heavy atom. The van der Waals surface area contributed by atoms with Crippen LogP contribution >= 0.6 is 11.8 Å². The van der Waals surface area contributed by atoms with Gasteiger partial charge in [-0.05, 0) is 17.7 Å². The van der Waals surface area contributed by atoms with E-state index in [0.29, 0.717) is 17.1 Å². The maximum Gasteiger partial charge on any atom is 0.341 e. The van der Waals surface area contributed by atoms with Crippen molar-refractivity contribution < 1.29 is 23.8 Å². The molecule has 0 amide bonds. The third-order valence-corrected chi connectivity index (χ3v) is 4.90. The molecule has 0 aromatic heterocycles. The number of hydrogen-bond acceptors (Lipinski definition) is 6. The van der Waals surface area contributed by atoms with E-state index in [9.17, 15) is 9.59 Å². The molecule has 0 heterocycles. The summed E-state index contributed by atoms with van der Waals surface area (Å²) in [5.41, 5.74) is 1.41. The normalized spacial score (nSPS) is 13.1. The molecule has 1 aromatic carbocycles. The van der Waals surface area contributed by atoms with Crippen LogP contribution in [0.5, 0.6) is 5.75 Å². The molecule has 0 spiro atoms. The molecule has 2 atom stereocenters. The first-order chi connectivity index (χ1) is 10.4. The Bertz CT molecular complexity index is 529.